The third-order valence-corrected chi connectivity index (χ3v) is 4.56. The summed E-state index contributed by atoms with van der Waals surface area (Å²) in [4.78, 5) is 27.1. The Morgan fingerprint density at radius 3 is 2.70 bits per heavy atom. The molecule has 4 rings (SSSR count). The number of benzene rings is 2. The highest BCUT2D eigenvalue weighted by Gasteiger charge is 2.13. The second-order valence-electron chi connectivity index (χ2n) is 6.70. The SMILES string of the molecule is O=C(COC(=O)CCCc1c[nH]c2ccccc12)Nc1nnc(-c2ccccc2)o1. The Bertz CT molecular complexity index is 1150. The number of anilines is 1. The summed E-state index contributed by atoms with van der Waals surface area (Å²) >= 11 is 0. The number of aryl methyl sites for hydroxylation is 1. The molecule has 0 unspecified atom stereocenters. The first-order valence-corrected chi connectivity index (χ1v) is 9.58. The van der Waals surface area contributed by atoms with Crippen LogP contribution in [0.15, 0.2) is 65.2 Å². The number of rotatable bonds is 8. The molecule has 2 aromatic heterocycles. The summed E-state index contributed by atoms with van der Waals surface area (Å²) in [6.45, 7) is -0.408. The standard InChI is InChI=1S/C22H20N4O4/c27-19(24-22-26-25-21(30-22)15-7-2-1-3-8-15)14-29-20(28)12-6-9-16-13-23-18-11-5-4-10-17(16)18/h1-5,7-8,10-11,13,23H,6,9,12,14H2,(H,24,26,27). The maximum Gasteiger partial charge on any atom is 0.322 e. The van der Waals surface area contributed by atoms with Crippen LogP contribution < -0.4 is 5.32 Å². The molecule has 0 saturated carbocycles. The van der Waals surface area contributed by atoms with E-state index in [1.165, 1.54) is 0 Å². The third kappa shape index (κ3) is 4.72. The smallest absolute Gasteiger partial charge is 0.322 e. The van der Waals surface area contributed by atoms with Crippen molar-refractivity contribution in [2.75, 3.05) is 11.9 Å². The van der Waals surface area contributed by atoms with Gasteiger partial charge < -0.3 is 14.1 Å². The Morgan fingerprint density at radius 1 is 1.03 bits per heavy atom. The number of aromatic nitrogens is 3. The zero-order chi connectivity index (χ0) is 20.8. The van der Waals surface area contributed by atoms with Gasteiger partial charge in [-0.25, -0.2) is 0 Å². The van der Waals surface area contributed by atoms with E-state index in [9.17, 15) is 9.59 Å². The molecule has 0 aliphatic heterocycles. The highest BCUT2D eigenvalue weighted by Crippen LogP contribution is 2.20. The average molecular weight is 404 g/mol. The minimum Gasteiger partial charge on any atom is -0.456 e. The fourth-order valence-electron chi connectivity index (χ4n) is 3.11. The molecule has 152 valence electrons. The van der Waals surface area contributed by atoms with Gasteiger partial charge in [-0.2, -0.15) is 0 Å². The molecule has 0 fully saturated rings. The first-order chi connectivity index (χ1) is 14.7. The van der Waals surface area contributed by atoms with Gasteiger partial charge in [-0.05, 0) is 36.6 Å². The van der Waals surface area contributed by atoms with Crippen LogP contribution in [-0.4, -0.2) is 33.7 Å². The van der Waals surface area contributed by atoms with Crippen molar-refractivity contribution in [3.05, 3.63) is 66.4 Å². The second-order valence-corrected chi connectivity index (χ2v) is 6.70. The fourth-order valence-corrected chi connectivity index (χ4v) is 3.11. The number of esters is 1. The molecule has 8 nitrogen and oxygen atoms in total. The van der Waals surface area contributed by atoms with Gasteiger partial charge in [-0.15, -0.1) is 5.10 Å². The maximum absolute atomic E-state index is 11.9. The molecule has 0 bridgehead atoms. The van der Waals surface area contributed by atoms with E-state index in [4.69, 9.17) is 9.15 Å². The predicted molar refractivity (Wildman–Crippen MR) is 111 cm³/mol. The summed E-state index contributed by atoms with van der Waals surface area (Å²) in [6, 6.07) is 17.2. The molecule has 1 amide bonds. The number of carbonyl (C=O) groups excluding carboxylic acids is 2. The predicted octanol–water partition coefficient (Wildman–Crippen LogP) is 3.72. The first kappa shape index (κ1) is 19.4. The molecular formula is C22H20N4O4. The molecule has 0 saturated heterocycles. The van der Waals surface area contributed by atoms with Gasteiger partial charge in [-0.1, -0.05) is 41.5 Å². The van der Waals surface area contributed by atoms with Crippen molar-refractivity contribution < 1.29 is 18.7 Å². The minimum atomic E-state index is -0.539. The molecule has 30 heavy (non-hydrogen) atoms. The zero-order valence-electron chi connectivity index (χ0n) is 16.1. The molecule has 8 heteroatoms. The summed E-state index contributed by atoms with van der Waals surface area (Å²) in [7, 11) is 0. The van der Waals surface area contributed by atoms with Gasteiger partial charge in [0, 0.05) is 29.1 Å². The molecule has 0 radical (unpaired) electrons. The zero-order valence-corrected chi connectivity index (χ0v) is 16.1. The lowest BCUT2D eigenvalue weighted by Crippen LogP contribution is -2.21. The van der Waals surface area contributed by atoms with Crippen molar-refractivity contribution in [2.45, 2.75) is 19.3 Å². The van der Waals surface area contributed by atoms with E-state index in [0.29, 0.717) is 12.3 Å². The van der Waals surface area contributed by atoms with Crippen LogP contribution in [-0.2, 0) is 20.7 Å². The Hall–Kier alpha value is -3.94. The lowest BCUT2D eigenvalue weighted by atomic mass is 10.1. The second kappa shape index (κ2) is 9.04. The molecule has 0 atom stereocenters. The normalized spacial score (nSPS) is 10.8. The van der Waals surface area contributed by atoms with E-state index in [0.717, 1.165) is 28.5 Å². The third-order valence-electron chi connectivity index (χ3n) is 4.56. The van der Waals surface area contributed by atoms with E-state index in [2.05, 4.69) is 20.5 Å². The Morgan fingerprint density at radius 2 is 1.83 bits per heavy atom. The average Bonchev–Trinajstić information content (AvgIpc) is 3.40. The quantitative estimate of drug-likeness (QED) is 0.433. The molecule has 0 aliphatic carbocycles. The van der Waals surface area contributed by atoms with Gasteiger partial charge in [0.2, 0.25) is 5.89 Å². The maximum atomic E-state index is 11.9. The first-order valence-electron chi connectivity index (χ1n) is 9.58. The number of hydrogen-bond donors (Lipinski definition) is 2. The van der Waals surface area contributed by atoms with Crippen molar-refractivity contribution in [1.82, 2.24) is 15.2 Å². The molecule has 2 aromatic carbocycles. The van der Waals surface area contributed by atoms with Crippen LogP contribution in [0.1, 0.15) is 18.4 Å². The number of fused-ring (bicyclic) bond motifs is 1. The number of carbonyl (C=O) groups is 2. The van der Waals surface area contributed by atoms with Gasteiger partial charge in [0.05, 0.1) is 0 Å². The molecule has 2 heterocycles. The summed E-state index contributed by atoms with van der Waals surface area (Å²) in [5, 5.41) is 11.2. The van der Waals surface area contributed by atoms with Gasteiger partial charge in [0.1, 0.15) is 0 Å². The van der Waals surface area contributed by atoms with Gasteiger partial charge in [0.25, 0.3) is 5.91 Å². The summed E-state index contributed by atoms with van der Waals surface area (Å²) < 4.78 is 10.4. The van der Waals surface area contributed by atoms with Crippen molar-refractivity contribution in [3.63, 3.8) is 0 Å². The number of aromatic amines is 1. The lowest BCUT2D eigenvalue weighted by Gasteiger charge is -2.04. The van der Waals surface area contributed by atoms with Crippen LogP contribution in [0.2, 0.25) is 0 Å². The number of nitrogens with one attached hydrogen (secondary N) is 2. The van der Waals surface area contributed by atoms with E-state index in [1.54, 1.807) is 0 Å². The molecule has 0 spiro atoms. The monoisotopic (exact) mass is 404 g/mol. The van der Waals surface area contributed by atoms with Crippen LogP contribution in [0.3, 0.4) is 0 Å². The van der Waals surface area contributed by atoms with Crippen molar-refractivity contribution in [2.24, 2.45) is 0 Å². The van der Waals surface area contributed by atoms with Gasteiger partial charge in [0.15, 0.2) is 6.61 Å². The minimum absolute atomic E-state index is 0.0470. The molecular weight excluding hydrogens is 384 g/mol. The van der Waals surface area contributed by atoms with Gasteiger partial charge >= 0.3 is 12.0 Å². The van der Waals surface area contributed by atoms with E-state index in [-0.39, 0.29) is 12.4 Å². The number of nitrogens with zero attached hydrogens (tertiary/aromatic N) is 2. The number of ether oxygens (including phenoxy) is 1. The number of hydrogen-bond acceptors (Lipinski definition) is 6. The van der Waals surface area contributed by atoms with Crippen LogP contribution in [0, 0.1) is 0 Å². The molecule has 0 aliphatic rings. The largest absolute Gasteiger partial charge is 0.456 e. The van der Waals surface area contributed by atoms with Crippen molar-refractivity contribution >= 4 is 28.8 Å². The van der Waals surface area contributed by atoms with Crippen LogP contribution >= 0.6 is 0 Å². The van der Waals surface area contributed by atoms with E-state index in [1.807, 2.05) is 60.8 Å². The molecule has 2 N–H and O–H groups in total. The highest BCUT2D eigenvalue weighted by molar-refractivity contribution is 5.91. The topological polar surface area (TPSA) is 110 Å². The lowest BCUT2D eigenvalue weighted by molar-refractivity contribution is -0.147. The Kier molecular flexibility index (Phi) is 5.84. The Labute approximate surface area is 172 Å². The van der Waals surface area contributed by atoms with Gasteiger partial charge in [-0.3, -0.25) is 14.9 Å². The number of H-pyrrole nitrogens is 1. The van der Waals surface area contributed by atoms with Crippen LogP contribution in [0.25, 0.3) is 22.4 Å². The van der Waals surface area contributed by atoms with Crippen LogP contribution in [0.4, 0.5) is 6.01 Å². The summed E-state index contributed by atoms with van der Waals surface area (Å²) in [5.74, 6) is -0.677. The van der Waals surface area contributed by atoms with Crippen molar-refractivity contribution in [3.8, 4) is 11.5 Å². The summed E-state index contributed by atoms with van der Waals surface area (Å²) in [5.41, 5.74) is 2.97. The Balaban J connectivity index is 1.19. The number of amides is 1. The van der Waals surface area contributed by atoms with Crippen molar-refractivity contribution in [1.29, 1.82) is 0 Å². The summed E-state index contributed by atoms with van der Waals surface area (Å²) in [6.07, 6.45) is 3.56. The van der Waals surface area contributed by atoms with E-state index >= 15 is 0 Å². The van der Waals surface area contributed by atoms with Crippen LogP contribution in [0.5, 0.6) is 0 Å². The number of para-hydroxylation sites is 1. The fraction of sp³-hybridized carbons (Fsp3) is 0.182. The van der Waals surface area contributed by atoms with E-state index < -0.39 is 18.5 Å². The molecule has 4 aromatic rings. The highest BCUT2D eigenvalue weighted by atomic mass is 16.5.